The summed E-state index contributed by atoms with van der Waals surface area (Å²) in [5, 5.41) is 7.07. The molecular formula is C13H17N3O. The molecule has 1 heterocycles. The lowest BCUT2D eigenvalue weighted by Gasteiger charge is -2.02. The summed E-state index contributed by atoms with van der Waals surface area (Å²) in [5.41, 5.74) is 2.16. The molecule has 4 heteroatoms. The highest BCUT2D eigenvalue weighted by Crippen LogP contribution is 2.18. The van der Waals surface area contributed by atoms with E-state index in [0.717, 1.165) is 12.1 Å². The third kappa shape index (κ3) is 3.06. The molecule has 17 heavy (non-hydrogen) atoms. The van der Waals surface area contributed by atoms with E-state index in [1.165, 1.54) is 5.56 Å². The molecule has 0 atom stereocenters. The molecule has 0 radical (unpaired) electrons. The molecule has 1 N–H and O–H groups in total. The standard InChI is InChI=1S/C13H17N3O/c1-9(2)8-14-13-15-12(16-17-13)11-6-4-5-10(3)7-11/h4-7,9H,8H2,1-3H3,(H,14,15,16). The molecule has 0 amide bonds. The second-order valence-corrected chi connectivity index (χ2v) is 4.57. The van der Waals surface area contributed by atoms with Crippen LogP contribution in [-0.2, 0) is 0 Å². The quantitative estimate of drug-likeness (QED) is 0.878. The Hall–Kier alpha value is -1.84. The molecule has 2 rings (SSSR count). The van der Waals surface area contributed by atoms with Crippen molar-refractivity contribution in [2.24, 2.45) is 5.92 Å². The second-order valence-electron chi connectivity index (χ2n) is 4.57. The number of hydrogen-bond acceptors (Lipinski definition) is 4. The molecule has 0 unspecified atom stereocenters. The molecule has 0 aliphatic rings. The van der Waals surface area contributed by atoms with E-state index in [1.807, 2.05) is 31.2 Å². The lowest BCUT2D eigenvalue weighted by molar-refractivity contribution is 0.429. The van der Waals surface area contributed by atoms with Crippen molar-refractivity contribution in [1.82, 2.24) is 10.1 Å². The van der Waals surface area contributed by atoms with Crippen molar-refractivity contribution in [3.63, 3.8) is 0 Å². The average molecular weight is 231 g/mol. The van der Waals surface area contributed by atoms with E-state index in [0.29, 0.717) is 17.8 Å². The van der Waals surface area contributed by atoms with Crippen LogP contribution < -0.4 is 5.32 Å². The normalized spacial score (nSPS) is 10.8. The summed E-state index contributed by atoms with van der Waals surface area (Å²) in [7, 11) is 0. The minimum Gasteiger partial charge on any atom is -0.337 e. The zero-order valence-corrected chi connectivity index (χ0v) is 10.4. The first-order valence-corrected chi connectivity index (χ1v) is 5.80. The molecule has 0 fully saturated rings. The molecule has 2 aromatic rings. The van der Waals surface area contributed by atoms with E-state index in [9.17, 15) is 0 Å². The minimum atomic E-state index is 0.482. The number of benzene rings is 1. The fraction of sp³-hybridized carbons (Fsp3) is 0.385. The number of aromatic nitrogens is 2. The number of aryl methyl sites for hydroxylation is 1. The molecule has 0 aliphatic carbocycles. The first-order chi connectivity index (χ1) is 8.15. The van der Waals surface area contributed by atoms with Crippen LogP contribution in [0.25, 0.3) is 11.4 Å². The molecule has 90 valence electrons. The van der Waals surface area contributed by atoms with E-state index in [2.05, 4.69) is 29.3 Å². The Kier molecular flexibility index (Phi) is 3.42. The largest absolute Gasteiger partial charge is 0.337 e. The van der Waals surface area contributed by atoms with Gasteiger partial charge in [0.15, 0.2) is 0 Å². The minimum absolute atomic E-state index is 0.482. The molecule has 0 aliphatic heterocycles. The Bertz CT molecular complexity index is 491. The number of rotatable bonds is 4. The van der Waals surface area contributed by atoms with Gasteiger partial charge in [-0.25, -0.2) is 0 Å². The van der Waals surface area contributed by atoms with Crippen molar-refractivity contribution >= 4 is 6.01 Å². The Labute approximate surface area is 101 Å². The van der Waals surface area contributed by atoms with Gasteiger partial charge in [-0.3, -0.25) is 0 Å². The highest BCUT2D eigenvalue weighted by Gasteiger charge is 2.08. The molecule has 0 saturated carbocycles. The third-order valence-electron chi connectivity index (χ3n) is 2.36. The Balaban J connectivity index is 2.12. The van der Waals surface area contributed by atoms with Crippen molar-refractivity contribution in [2.45, 2.75) is 20.8 Å². The number of hydrogen-bond donors (Lipinski definition) is 1. The van der Waals surface area contributed by atoms with Gasteiger partial charge in [0.05, 0.1) is 0 Å². The molecule has 1 aromatic heterocycles. The van der Waals surface area contributed by atoms with E-state index >= 15 is 0 Å². The highest BCUT2D eigenvalue weighted by molar-refractivity contribution is 5.56. The number of nitrogens with zero attached hydrogens (tertiary/aromatic N) is 2. The van der Waals surface area contributed by atoms with Gasteiger partial charge in [-0.1, -0.05) is 42.8 Å². The van der Waals surface area contributed by atoms with Gasteiger partial charge >= 0.3 is 6.01 Å². The van der Waals surface area contributed by atoms with Gasteiger partial charge in [0, 0.05) is 12.1 Å². The highest BCUT2D eigenvalue weighted by atomic mass is 16.5. The Morgan fingerprint density at radius 3 is 2.88 bits per heavy atom. The van der Waals surface area contributed by atoms with E-state index in [1.54, 1.807) is 0 Å². The molecule has 0 saturated heterocycles. The smallest absolute Gasteiger partial charge is 0.321 e. The topological polar surface area (TPSA) is 51.0 Å². The van der Waals surface area contributed by atoms with Crippen molar-refractivity contribution in [1.29, 1.82) is 0 Å². The average Bonchev–Trinajstić information content (AvgIpc) is 2.75. The monoisotopic (exact) mass is 231 g/mol. The van der Waals surface area contributed by atoms with Crippen molar-refractivity contribution in [3.8, 4) is 11.4 Å². The maximum atomic E-state index is 5.14. The van der Waals surface area contributed by atoms with Gasteiger partial charge in [-0.2, -0.15) is 4.98 Å². The fourth-order valence-electron chi connectivity index (χ4n) is 1.49. The summed E-state index contributed by atoms with van der Waals surface area (Å²) in [6.45, 7) is 7.13. The maximum absolute atomic E-state index is 5.14. The number of nitrogens with one attached hydrogen (secondary N) is 1. The van der Waals surface area contributed by atoms with Crippen LogP contribution in [0.3, 0.4) is 0 Å². The summed E-state index contributed by atoms with van der Waals surface area (Å²) in [5.74, 6) is 1.17. The predicted molar refractivity (Wildman–Crippen MR) is 67.8 cm³/mol. The molecule has 1 aromatic carbocycles. The molecular weight excluding hydrogens is 214 g/mol. The van der Waals surface area contributed by atoms with Crippen molar-refractivity contribution in [2.75, 3.05) is 11.9 Å². The van der Waals surface area contributed by atoms with Crippen LogP contribution in [0.4, 0.5) is 6.01 Å². The van der Waals surface area contributed by atoms with E-state index < -0.39 is 0 Å². The van der Waals surface area contributed by atoms with Crippen LogP contribution in [0.5, 0.6) is 0 Å². The predicted octanol–water partition coefficient (Wildman–Crippen LogP) is 3.11. The van der Waals surface area contributed by atoms with Crippen molar-refractivity contribution < 1.29 is 4.52 Å². The lowest BCUT2D eigenvalue weighted by Crippen LogP contribution is -2.07. The van der Waals surface area contributed by atoms with Crippen LogP contribution in [-0.4, -0.2) is 16.7 Å². The Morgan fingerprint density at radius 2 is 2.18 bits per heavy atom. The first-order valence-electron chi connectivity index (χ1n) is 5.80. The maximum Gasteiger partial charge on any atom is 0.321 e. The van der Waals surface area contributed by atoms with Gasteiger partial charge in [-0.15, -0.1) is 0 Å². The van der Waals surface area contributed by atoms with Crippen LogP contribution in [0, 0.1) is 12.8 Å². The van der Waals surface area contributed by atoms with Gasteiger partial charge in [0.2, 0.25) is 5.82 Å². The number of anilines is 1. The van der Waals surface area contributed by atoms with Gasteiger partial charge < -0.3 is 9.84 Å². The van der Waals surface area contributed by atoms with E-state index in [4.69, 9.17) is 4.52 Å². The summed E-state index contributed by atoms with van der Waals surface area (Å²) < 4.78 is 5.14. The zero-order valence-electron chi connectivity index (χ0n) is 10.4. The van der Waals surface area contributed by atoms with Crippen LogP contribution in [0.15, 0.2) is 28.8 Å². The molecule has 0 bridgehead atoms. The Morgan fingerprint density at radius 1 is 1.35 bits per heavy atom. The summed E-state index contributed by atoms with van der Waals surface area (Å²) in [6, 6.07) is 8.53. The summed E-state index contributed by atoms with van der Waals surface area (Å²) >= 11 is 0. The molecule has 4 nitrogen and oxygen atoms in total. The summed E-state index contributed by atoms with van der Waals surface area (Å²) in [6.07, 6.45) is 0. The van der Waals surface area contributed by atoms with Gasteiger partial charge in [-0.05, 0) is 18.9 Å². The zero-order chi connectivity index (χ0) is 12.3. The third-order valence-corrected chi connectivity index (χ3v) is 2.36. The summed E-state index contributed by atoms with van der Waals surface area (Å²) in [4.78, 5) is 4.30. The van der Waals surface area contributed by atoms with Gasteiger partial charge in [0.25, 0.3) is 0 Å². The molecule has 0 spiro atoms. The first kappa shape index (κ1) is 11.6. The fourth-order valence-corrected chi connectivity index (χ4v) is 1.49. The van der Waals surface area contributed by atoms with Crippen LogP contribution >= 0.6 is 0 Å². The second kappa shape index (κ2) is 4.99. The van der Waals surface area contributed by atoms with Gasteiger partial charge in [0.1, 0.15) is 0 Å². The van der Waals surface area contributed by atoms with Crippen LogP contribution in [0.1, 0.15) is 19.4 Å². The van der Waals surface area contributed by atoms with E-state index in [-0.39, 0.29) is 0 Å². The lowest BCUT2D eigenvalue weighted by atomic mass is 10.1. The van der Waals surface area contributed by atoms with Crippen molar-refractivity contribution in [3.05, 3.63) is 29.8 Å². The SMILES string of the molecule is Cc1cccc(-c2noc(NCC(C)C)n2)c1. The van der Waals surface area contributed by atoms with Crippen LogP contribution in [0.2, 0.25) is 0 Å².